The van der Waals surface area contributed by atoms with Gasteiger partial charge in [0.1, 0.15) is 6.17 Å². The van der Waals surface area contributed by atoms with Crippen molar-refractivity contribution in [3.8, 4) is 0 Å². The van der Waals surface area contributed by atoms with Crippen LogP contribution < -0.4 is 0 Å². The van der Waals surface area contributed by atoms with Crippen LogP contribution in [0, 0.1) is 6.61 Å². The Hall–Kier alpha value is -0.110. The van der Waals surface area contributed by atoms with E-state index in [9.17, 15) is 4.39 Å². The van der Waals surface area contributed by atoms with Gasteiger partial charge in [-0.3, -0.25) is 0 Å². The van der Waals surface area contributed by atoms with Gasteiger partial charge in [0.15, 0.2) is 0 Å². The highest BCUT2D eigenvalue weighted by atomic mass is 19.1. The third kappa shape index (κ3) is 0.684. The molecule has 1 heterocycles. The fourth-order valence-electron chi connectivity index (χ4n) is 0.413. The van der Waals surface area contributed by atoms with Crippen molar-refractivity contribution < 1.29 is 9.13 Å². The molecule has 0 N–H and O–H groups in total. The molecule has 1 rings (SSSR count). The maximum atomic E-state index is 11.8. The summed E-state index contributed by atoms with van der Waals surface area (Å²) in [5, 5.41) is 0. The second-order valence-electron chi connectivity index (χ2n) is 1.33. The van der Waals surface area contributed by atoms with Crippen LogP contribution in [-0.4, -0.2) is 12.8 Å². The molecular formula is C4H6FO. The van der Waals surface area contributed by atoms with Gasteiger partial charge >= 0.3 is 0 Å². The van der Waals surface area contributed by atoms with E-state index in [0.717, 1.165) is 0 Å². The Morgan fingerprint density at radius 2 is 2.67 bits per heavy atom. The van der Waals surface area contributed by atoms with E-state index < -0.39 is 6.17 Å². The van der Waals surface area contributed by atoms with Crippen LogP contribution >= 0.6 is 0 Å². The molecule has 1 radical (unpaired) electrons. The summed E-state index contributed by atoms with van der Waals surface area (Å²) in [6.45, 7) is 1.77. The number of halogens is 1. The average Bonchev–Trinajstić information content (AvgIpc) is 1.86. The largest absolute Gasteiger partial charge is 0.372 e. The summed E-state index contributed by atoms with van der Waals surface area (Å²) in [6, 6.07) is 0. The van der Waals surface area contributed by atoms with Crippen LogP contribution in [0.4, 0.5) is 4.39 Å². The lowest BCUT2D eigenvalue weighted by atomic mass is 10.4. The van der Waals surface area contributed by atoms with E-state index in [1.165, 1.54) is 6.61 Å². The zero-order valence-electron chi connectivity index (χ0n) is 3.36. The van der Waals surface area contributed by atoms with Crippen molar-refractivity contribution in [3.63, 3.8) is 0 Å². The van der Waals surface area contributed by atoms with Crippen molar-refractivity contribution >= 4 is 0 Å². The standard InChI is InChI=1S/C4H6FO/c5-4-1-2-6-3-4/h2,4H,1,3H2. The maximum Gasteiger partial charge on any atom is 0.126 e. The molecule has 1 unspecified atom stereocenters. The highest BCUT2D eigenvalue weighted by molar-refractivity contribution is 4.68. The smallest absolute Gasteiger partial charge is 0.126 e. The third-order valence-electron chi connectivity index (χ3n) is 0.747. The van der Waals surface area contributed by atoms with Gasteiger partial charge in [-0.25, -0.2) is 4.39 Å². The van der Waals surface area contributed by atoms with Gasteiger partial charge in [0.05, 0.1) is 13.2 Å². The molecule has 0 aromatic rings. The predicted molar refractivity (Wildman–Crippen MR) is 19.8 cm³/mol. The fourth-order valence-corrected chi connectivity index (χ4v) is 0.413. The summed E-state index contributed by atoms with van der Waals surface area (Å²) in [5.74, 6) is 0. The normalized spacial score (nSPS) is 34.5. The molecule has 0 aromatic carbocycles. The van der Waals surface area contributed by atoms with Crippen LogP contribution in [0.15, 0.2) is 0 Å². The van der Waals surface area contributed by atoms with Crippen molar-refractivity contribution in [2.24, 2.45) is 0 Å². The number of hydrogen-bond donors (Lipinski definition) is 0. The van der Waals surface area contributed by atoms with Crippen LogP contribution in [0.5, 0.6) is 0 Å². The molecule has 1 aliphatic rings. The second kappa shape index (κ2) is 1.56. The third-order valence-corrected chi connectivity index (χ3v) is 0.747. The lowest BCUT2D eigenvalue weighted by molar-refractivity contribution is 0.208. The van der Waals surface area contributed by atoms with Crippen molar-refractivity contribution in [3.05, 3.63) is 6.61 Å². The lowest BCUT2D eigenvalue weighted by Gasteiger charge is -1.84. The average molecular weight is 89.1 g/mol. The summed E-state index contributed by atoms with van der Waals surface area (Å²) in [6.07, 6.45) is -0.259. The minimum Gasteiger partial charge on any atom is -0.372 e. The van der Waals surface area contributed by atoms with Gasteiger partial charge in [0, 0.05) is 6.42 Å². The van der Waals surface area contributed by atoms with E-state index in [-0.39, 0.29) is 6.61 Å². The van der Waals surface area contributed by atoms with Gasteiger partial charge in [0.2, 0.25) is 0 Å². The summed E-state index contributed by atoms with van der Waals surface area (Å²) in [4.78, 5) is 0. The molecule has 0 spiro atoms. The van der Waals surface area contributed by atoms with E-state index in [2.05, 4.69) is 4.74 Å². The molecule has 35 valence electrons. The first-order valence-corrected chi connectivity index (χ1v) is 1.97. The first kappa shape index (κ1) is 4.06. The first-order valence-electron chi connectivity index (χ1n) is 1.97. The number of alkyl halides is 1. The van der Waals surface area contributed by atoms with Crippen LogP contribution in [0.25, 0.3) is 0 Å². The van der Waals surface area contributed by atoms with Crippen molar-refractivity contribution in [2.75, 3.05) is 6.61 Å². The molecule has 1 nitrogen and oxygen atoms in total. The fraction of sp³-hybridized carbons (Fsp3) is 0.750. The quantitative estimate of drug-likeness (QED) is 0.428. The predicted octanol–water partition coefficient (Wildman–Crippen LogP) is 0.907. The molecule has 0 aromatic heterocycles. The van der Waals surface area contributed by atoms with Gasteiger partial charge < -0.3 is 4.74 Å². The number of hydrogen-bond acceptors (Lipinski definition) is 1. The summed E-state index contributed by atoms with van der Waals surface area (Å²) >= 11 is 0. The molecular weight excluding hydrogens is 83.0 g/mol. The molecule has 1 saturated heterocycles. The zero-order valence-corrected chi connectivity index (χ0v) is 3.36. The van der Waals surface area contributed by atoms with Crippen LogP contribution in [0.3, 0.4) is 0 Å². The van der Waals surface area contributed by atoms with Crippen LogP contribution in [-0.2, 0) is 4.74 Å². The van der Waals surface area contributed by atoms with Crippen LogP contribution in [0.1, 0.15) is 6.42 Å². The van der Waals surface area contributed by atoms with Gasteiger partial charge in [-0.2, -0.15) is 0 Å². The molecule has 0 aliphatic carbocycles. The minimum atomic E-state index is -0.731. The monoisotopic (exact) mass is 89.0 g/mol. The Bertz CT molecular complexity index is 40.8. The van der Waals surface area contributed by atoms with Gasteiger partial charge in [-0.15, -0.1) is 0 Å². The van der Waals surface area contributed by atoms with Crippen LogP contribution in [0.2, 0.25) is 0 Å². The SMILES string of the molecule is FC1C[CH]OC1. The molecule has 6 heavy (non-hydrogen) atoms. The molecule has 1 fully saturated rings. The first-order chi connectivity index (χ1) is 2.89. The summed E-state index contributed by atoms with van der Waals surface area (Å²) < 4.78 is 16.3. The van der Waals surface area contributed by atoms with Crippen molar-refractivity contribution in [1.29, 1.82) is 0 Å². The minimum absolute atomic E-state index is 0.264. The summed E-state index contributed by atoms with van der Waals surface area (Å²) in [5.41, 5.74) is 0. The van der Waals surface area contributed by atoms with E-state index >= 15 is 0 Å². The molecule has 0 saturated carbocycles. The maximum absolute atomic E-state index is 11.8. The van der Waals surface area contributed by atoms with Crippen molar-refractivity contribution in [2.45, 2.75) is 12.6 Å². The van der Waals surface area contributed by atoms with Gasteiger partial charge in [-0.05, 0) is 0 Å². The Balaban J connectivity index is 2.18. The van der Waals surface area contributed by atoms with Gasteiger partial charge in [0.25, 0.3) is 0 Å². The van der Waals surface area contributed by atoms with E-state index in [0.29, 0.717) is 6.42 Å². The zero-order chi connectivity index (χ0) is 4.41. The number of ether oxygens (including phenoxy) is 1. The lowest BCUT2D eigenvalue weighted by Crippen LogP contribution is -1.94. The Kier molecular flexibility index (Phi) is 1.05. The number of rotatable bonds is 0. The molecule has 2 heteroatoms. The van der Waals surface area contributed by atoms with Gasteiger partial charge in [-0.1, -0.05) is 0 Å². The highest BCUT2D eigenvalue weighted by Crippen LogP contribution is 2.09. The molecule has 1 aliphatic heterocycles. The highest BCUT2D eigenvalue weighted by Gasteiger charge is 2.12. The Morgan fingerprint density at radius 3 is 2.83 bits per heavy atom. The van der Waals surface area contributed by atoms with E-state index in [1.807, 2.05) is 0 Å². The van der Waals surface area contributed by atoms with Crippen molar-refractivity contribution in [1.82, 2.24) is 0 Å². The van der Waals surface area contributed by atoms with E-state index in [1.54, 1.807) is 0 Å². The topological polar surface area (TPSA) is 9.23 Å². The van der Waals surface area contributed by atoms with E-state index in [4.69, 9.17) is 0 Å². The molecule has 0 amide bonds. The Labute approximate surface area is 36.1 Å². The molecule has 1 atom stereocenters. The summed E-state index contributed by atoms with van der Waals surface area (Å²) in [7, 11) is 0. The second-order valence-corrected chi connectivity index (χ2v) is 1.33. The Morgan fingerprint density at radius 1 is 1.83 bits per heavy atom. The molecule has 0 bridgehead atoms.